The van der Waals surface area contributed by atoms with E-state index in [-0.39, 0.29) is 5.56 Å². The minimum atomic E-state index is -0.106. The van der Waals surface area contributed by atoms with Gasteiger partial charge in [0.25, 0.3) is 5.56 Å². The summed E-state index contributed by atoms with van der Waals surface area (Å²) in [5, 5.41) is 10.0. The van der Waals surface area contributed by atoms with E-state index in [1.54, 1.807) is 11.8 Å². The maximum atomic E-state index is 12.6. The molecule has 1 saturated carbocycles. The van der Waals surface area contributed by atoms with E-state index >= 15 is 0 Å². The molecule has 0 radical (unpaired) electrons. The number of thioether (sulfide) groups is 1. The van der Waals surface area contributed by atoms with Crippen LogP contribution in [0.2, 0.25) is 5.02 Å². The van der Waals surface area contributed by atoms with Crippen LogP contribution in [0.3, 0.4) is 0 Å². The summed E-state index contributed by atoms with van der Waals surface area (Å²) >= 11 is 8.97. The predicted octanol–water partition coefficient (Wildman–Crippen LogP) is 4.83. The van der Waals surface area contributed by atoms with Gasteiger partial charge in [-0.25, -0.2) is 4.98 Å². The number of H-pyrrole nitrogens is 1. The van der Waals surface area contributed by atoms with Crippen LogP contribution < -0.4 is 5.56 Å². The van der Waals surface area contributed by atoms with Crippen LogP contribution in [-0.4, -0.2) is 24.7 Å². The Labute approximate surface area is 174 Å². The summed E-state index contributed by atoms with van der Waals surface area (Å²) in [5.74, 6) is 2.13. The van der Waals surface area contributed by atoms with Crippen molar-refractivity contribution >= 4 is 44.9 Å². The van der Waals surface area contributed by atoms with Gasteiger partial charge < -0.3 is 9.55 Å². The van der Waals surface area contributed by atoms with Crippen LogP contribution in [0.5, 0.6) is 0 Å². The number of hydrogen-bond acceptors (Lipinski definition) is 6. The summed E-state index contributed by atoms with van der Waals surface area (Å²) in [5.41, 5.74) is 1.63. The number of aryl methyl sites for hydroxylation is 1. The number of benzene rings is 1. The second-order valence-electron chi connectivity index (χ2n) is 6.76. The molecule has 3 heterocycles. The van der Waals surface area contributed by atoms with Crippen LogP contribution in [0, 0.1) is 6.92 Å². The van der Waals surface area contributed by atoms with Crippen molar-refractivity contribution < 1.29 is 0 Å². The topological polar surface area (TPSA) is 76.5 Å². The van der Waals surface area contributed by atoms with Crippen LogP contribution in [0.4, 0.5) is 0 Å². The minimum absolute atomic E-state index is 0.106. The molecule has 9 heteroatoms. The lowest BCUT2D eigenvalue weighted by Crippen LogP contribution is -2.09. The molecule has 0 unspecified atom stereocenters. The van der Waals surface area contributed by atoms with Gasteiger partial charge in [-0.15, -0.1) is 21.5 Å². The number of nitrogens with one attached hydrogen (secondary N) is 1. The van der Waals surface area contributed by atoms with Crippen LogP contribution in [0.1, 0.15) is 30.5 Å². The fourth-order valence-electron chi connectivity index (χ4n) is 3.15. The second-order valence-corrected chi connectivity index (χ2v) is 9.20. The maximum absolute atomic E-state index is 12.6. The molecule has 0 amide bonds. The van der Waals surface area contributed by atoms with Crippen LogP contribution in [-0.2, 0) is 5.75 Å². The first kappa shape index (κ1) is 17.9. The first-order chi connectivity index (χ1) is 13.6. The van der Waals surface area contributed by atoms with Crippen molar-refractivity contribution in [1.82, 2.24) is 24.7 Å². The van der Waals surface area contributed by atoms with E-state index in [1.165, 1.54) is 24.2 Å². The maximum Gasteiger partial charge on any atom is 0.268 e. The van der Waals surface area contributed by atoms with E-state index in [2.05, 4.69) is 24.7 Å². The van der Waals surface area contributed by atoms with Crippen molar-refractivity contribution in [2.45, 2.75) is 36.7 Å². The van der Waals surface area contributed by atoms with Gasteiger partial charge >= 0.3 is 0 Å². The number of aromatic amines is 1. The first-order valence-corrected chi connectivity index (χ1v) is 11.1. The Balaban J connectivity index is 1.43. The zero-order valence-electron chi connectivity index (χ0n) is 15.0. The lowest BCUT2D eigenvalue weighted by molar-refractivity contribution is 0.644. The van der Waals surface area contributed by atoms with E-state index in [9.17, 15) is 4.79 Å². The van der Waals surface area contributed by atoms with Crippen molar-refractivity contribution in [2.24, 2.45) is 0 Å². The number of aromatic nitrogens is 5. The van der Waals surface area contributed by atoms with Crippen molar-refractivity contribution in [2.75, 3.05) is 0 Å². The van der Waals surface area contributed by atoms with E-state index in [0.717, 1.165) is 21.4 Å². The zero-order chi connectivity index (χ0) is 19.3. The third-order valence-electron chi connectivity index (χ3n) is 4.65. The van der Waals surface area contributed by atoms with Crippen LogP contribution >= 0.6 is 34.7 Å². The SMILES string of the molecule is Cc1nnc(SCc2nc3cc(-c4ccc(Cl)cc4)sc3c(=O)[nH]2)n1C1CC1. The molecular formula is C19H16ClN5OS2. The quantitative estimate of drug-likeness (QED) is 0.459. The molecule has 142 valence electrons. The Bertz CT molecular complexity index is 1220. The average molecular weight is 430 g/mol. The molecule has 5 rings (SSSR count). The number of rotatable bonds is 5. The lowest BCUT2D eigenvalue weighted by Gasteiger charge is -2.05. The number of hydrogen-bond donors (Lipinski definition) is 1. The summed E-state index contributed by atoms with van der Waals surface area (Å²) in [6, 6.07) is 10.1. The van der Waals surface area contributed by atoms with Gasteiger partial charge in [0.1, 0.15) is 16.3 Å². The van der Waals surface area contributed by atoms with Gasteiger partial charge in [-0.2, -0.15) is 0 Å². The number of thiophene rings is 1. The van der Waals surface area contributed by atoms with E-state index in [1.807, 2.05) is 37.3 Å². The van der Waals surface area contributed by atoms with Crippen molar-refractivity contribution in [3.8, 4) is 10.4 Å². The number of fused-ring (bicyclic) bond motifs is 1. The van der Waals surface area contributed by atoms with Crippen molar-refractivity contribution in [1.29, 1.82) is 0 Å². The molecule has 1 fully saturated rings. The molecule has 0 atom stereocenters. The third kappa shape index (κ3) is 3.36. The van der Waals surface area contributed by atoms with Gasteiger partial charge in [0.15, 0.2) is 5.16 Å². The normalized spacial score (nSPS) is 14.1. The highest BCUT2D eigenvalue weighted by Crippen LogP contribution is 2.39. The molecule has 3 aromatic heterocycles. The van der Waals surface area contributed by atoms with Crippen LogP contribution in [0.15, 0.2) is 40.3 Å². The highest BCUT2D eigenvalue weighted by Gasteiger charge is 2.28. The Morgan fingerprint density at radius 1 is 1.29 bits per heavy atom. The Morgan fingerprint density at radius 3 is 2.82 bits per heavy atom. The summed E-state index contributed by atoms with van der Waals surface area (Å²) in [6.45, 7) is 1.98. The largest absolute Gasteiger partial charge is 0.309 e. The van der Waals surface area contributed by atoms with Gasteiger partial charge in [0.05, 0.1) is 11.3 Å². The summed E-state index contributed by atoms with van der Waals surface area (Å²) in [6.07, 6.45) is 2.35. The van der Waals surface area contributed by atoms with E-state index in [4.69, 9.17) is 11.6 Å². The van der Waals surface area contributed by atoms with E-state index < -0.39 is 0 Å². The fraction of sp³-hybridized carbons (Fsp3) is 0.263. The summed E-state index contributed by atoms with van der Waals surface area (Å²) in [7, 11) is 0. The molecule has 0 bridgehead atoms. The summed E-state index contributed by atoms with van der Waals surface area (Å²) in [4.78, 5) is 21.1. The highest BCUT2D eigenvalue weighted by molar-refractivity contribution is 7.98. The molecule has 4 aromatic rings. The second kappa shape index (κ2) is 7.02. The van der Waals surface area contributed by atoms with Crippen molar-refractivity contribution in [3.63, 3.8) is 0 Å². The van der Waals surface area contributed by atoms with Gasteiger partial charge in [0.2, 0.25) is 0 Å². The monoisotopic (exact) mass is 429 g/mol. The molecule has 0 spiro atoms. The molecule has 1 N–H and O–H groups in total. The van der Waals surface area contributed by atoms with Crippen molar-refractivity contribution in [3.05, 3.63) is 57.4 Å². The fourth-order valence-corrected chi connectivity index (χ4v) is 5.19. The molecule has 0 saturated heterocycles. The molecule has 6 nitrogen and oxygen atoms in total. The highest BCUT2D eigenvalue weighted by atomic mass is 35.5. The molecule has 1 aliphatic rings. The molecule has 0 aliphatic heterocycles. The van der Waals surface area contributed by atoms with Gasteiger partial charge in [-0.3, -0.25) is 4.79 Å². The number of halogens is 1. The smallest absolute Gasteiger partial charge is 0.268 e. The standard InChI is InChI=1S/C19H16ClN5OS2/c1-10-23-24-19(25(10)13-6-7-13)27-9-16-21-14-8-15(28-17(14)18(26)22-16)11-2-4-12(20)5-3-11/h2-5,8,13H,6-7,9H2,1H3,(H,21,22,26). The number of nitrogens with zero attached hydrogens (tertiary/aromatic N) is 4. The Hall–Kier alpha value is -2.16. The third-order valence-corrected chi connectivity index (χ3v) is 7.02. The van der Waals surface area contributed by atoms with Crippen LogP contribution in [0.25, 0.3) is 20.7 Å². The first-order valence-electron chi connectivity index (χ1n) is 8.91. The molecule has 1 aliphatic carbocycles. The van der Waals surface area contributed by atoms with Gasteiger partial charge in [0, 0.05) is 15.9 Å². The zero-order valence-corrected chi connectivity index (χ0v) is 17.4. The Kier molecular flexibility index (Phi) is 4.49. The predicted molar refractivity (Wildman–Crippen MR) is 113 cm³/mol. The minimum Gasteiger partial charge on any atom is -0.309 e. The van der Waals surface area contributed by atoms with Gasteiger partial charge in [-0.05, 0) is 43.5 Å². The lowest BCUT2D eigenvalue weighted by atomic mass is 10.2. The van der Waals surface area contributed by atoms with E-state index in [0.29, 0.717) is 32.9 Å². The summed E-state index contributed by atoms with van der Waals surface area (Å²) < 4.78 is 2.82. The Morgan fingerprint density at radius 2 is 2.07 bits per heavy atom. The molecule has 28 heavy (non-hydrogen) atoms. The molecule has 1 aromatic carbocycles. The molecular weight excluding hydrogens is 414 g/mol. The van der Waals surface area contributed by atoms with Gasteiger partial charge in [-0.1, -0.05) is 35.5 Å². The average Bonchev–Trinajstić information content (AvgIpc) is 3.30.